The highest BCUT2D eigenvalue weighted by Gasteiger charge is 2.27. The molecule has 4 aromatic carbocycles. The van der Waals surface area contributed by atoms with Crippen LogP contribution in [0.1, 0.15) is 20.7 Å². The Labute approximate surface area is 390 Å². The van der Waals surface area contributed by atoms with E-state index in [4.69, 9.17) is 49.9 Å². The second kappa shape index (κ2) is 20.3. The number of nitrogens with zero attached hydrogens (tertiary/aromatic N) is 8. The third-order valence-corrected chi connectivity index (χ3v) is 11.4. The number of carbonyl (C=O) groups is 4. The average Bonchev–Trinajstić information content (AvgIpc) is 3.36. The monoisotopic (exact) mass is 930 g/mol. The summed E-state index contributed by atoms with van der Waals surface area (Å²) in [6.07, 6.45) is -1.61. The molecule has 0 unspecified atom stereocenters. The van der Waals surface area contributed by atoms with Crippen LogP contribution in [0, 0.1) is 0 Å². The SMILES string of the molecule is COc1cc2nc(N3CCN(C(=O)c4cccc(NC(=O)OCCOC(=O)Nc5cccc(C(=O)N6CCN(c7nc(N)c8cc(OC)c(OC)cc8n7)CC6)c5)c4)CC3)nc(N)c2cc1OC. The largest absolute Gasteiger partial charge is 0.493 e. The molecule has 0 radical (unpaired) electrons. The molecule has 0 aliphatic carbocycles. The van der Waals surface area contributed by atoms with E-state index in [0.717, 1.165) is 0 Å². The van der Waals surface area contributed by atoms with Crippen LogP contribution < -0.4 is 50.8 Å². The molecule has 4 amide bonds. The maximum atomic E-state index is 13.5. The van der Waals surface area contributed by atoms with E-state index < -0.39 is 12.2 Å². The first-order valence-electron chi connectivity index (χ1n) is 21.5. The Morgan fingerprint density at radius 3 is 1.25 bits per heavy atom. The Morgan fingerprint density at radius 2 is 0.882 bits per heavy atom. The number of nitrogens with two attached hydrogens (primary N) is 2. The van der Waals surface area contributed by atoms with E-state index in [1.165, 1.54) is 0 Å². The van der Waals surface area contributed by atoms with Gasteiger partial charge in [-0.05, 0) is 48.5 Å². The average molecular weight is 931 g/mol. The predicted molar refractivity (Wildman–Crippen MR) is 253 cm³/mol. The van der Waals surface area contributed by atoms with Crippen molar-refractivity contribution in [3.8, 4) is 23.0 Å². The van der Waals surface area contributed by atoms with E-state index in [1.807, 2.05) is 9.80 Å². The van der Waals surface area contributed by atoms with Gasteiger partial charge in [0.25, 0.3) is 11.8 Å². The highest BCUT2D eigenvalue weighted by Crippen LogP contribution is 2.36. The standard InChI is InChI=1S/C46H50N12O10/c1-63-35-23-31-33(25-37(35)65-3)51-43(53-39(31)47)57-15-11-55(12-16-57)41(59)27-7-5-9-29(21-27)49-45(61)67-19-20-68-46(62)50-30-10-6-8-28(22-30)42(60)56-13-17-58(18-14-56)44-52-34-26-38(66-4)36(64-2)24-32(34)40(48)54-44/h5-10,21-26H,11-20H2,1-4H3,(H,49,61)(H,50,62)(H2,47,51,53)(H2,48,52,54). The summed E-state index contributed by atoms with van der Waals surface area (Å²) in [4.78, 5) is 78.0. The Bertz CT molecular complexity index is 2680. The Morgan fingerprint density at radius 1 is 0.515 bits per heavy atom. The van der Waals surface area contributed by atoms with Gasteiger partial charge in [-0.1, -0.05) is 12.1 Å². The van der Waals surface area contributed by atoms with E-state index in [0.29, 0.717) is 143 Å². The van der Waals surface area contributed by atoms with E-state index in [2.05, 4.69) is 20.6 Å². The Hall–Kier alpha value is -8.56. The van der Waals surface area contributed by atoms with Crippen LogP contribution in [0.25, 0.3) is 21.8 Å². The zero-order chi connectivity index (χ0) is 47.9. The summed E-state index contributed by atoms with van der Waals surface area (Å²) in [5.74, 6) is 3.13. The van der Waals surface area contributed by atoms with Crippen LogP contribution in [-0.4, -0.2) is 148 Å². The number of ether oxygens (including phenoxy) is 6. The van der Waals surface area contributed by atoms with Crippen LogP contribution in [0.3, 0.4) is 0 Å². The minimum atomic E-state index is -0.805. The van der Waals surface area contributed by atoms with Crippen molar-refractivity contribution in [2.45, 2.75) is 0 Å². The third kappa shape index (κ3) is 10.1. The van der Waals surface area contributed by atoms with E-state index in [-0.39, 0.29) is 25.0 Å². The van der Waals surface area contributed by atoms with Crippen LogP contribution >= 0.6 is 0 Å². The van der Waals surface area contributed by atoms with Gasteiger partial charge in [0, 0.05) is 97.8 Å². The number of rotatable bonds is 13. The quantitative estimate of drug-likeness (QED) is 0.116. The molecule has 4 heterocycles. The first kappa shape index (κ1) is 46.0. The van der Waals surface area contributed by atoms with Crippen LogP contribution in [0.5, 0.6) is 23.0 Å². The zero-order valence-electron chi connectivity index (χ0n) is 37.8. The summed E-state index contributed by atoms with van der Waals surface area (Å²) >= 11 is 0. The van der Waals surface area contributed by atoms with Crippen molar-refractivity contribution in [1.82, 2.24) is 29.7 Å². The van der Waals surface area contributed by atoms with Gasteiger partial charge in [0.05, 0.1) is 39.5 Å². The second-order valence-electron chi connectivity index (χ2n) is 15.5. The number of nitrogen functional groups attached to an aromatic ring is 2. The molecule has 0 atom stereocenters. The molecule has 22 heteroatoms. The summed E-state index contributed by atoms with van der Waals surface area (Å²) < 4.78 is 32.0. The van der Waals surface area contributed by atoms with Crippen molar-refractivity contribution in [3.63, 3.8) is 0 Å². The number of benzene rings is 4. The highest BCUT2D eigenvalue weighted by atomic mass is 16.6. The minimum Gasteiger partial charge on any atom is -0.493 e. The summed E-state index contributed by atoms with van der Waals surface area (Å²) in [7, 11) is 6.17. The first-order chi connectivity index (χ1) is 32.9. The number of aromatic nitrogens is 4. The molecule has 2 saturated heterocycles. The topological polar surface area (TPSA) is 264 Å². The number of methoxy groups -OCH3 is 4. The number of hydrogen-bond acceptors (Lipinski definition) is 18. The fourth-order valence-corrected chi connectivity index (χ4v) is 7.84. The molecule has 354 valence electrons. The molecule has 22 nitrogen and oxygen atoms in total. The summed E-state index contributed by atoms with van der Waals surface area (Å²) in [5, 5.41) is 6.48. The molecule has 68 heavy (non-hydrogen) atoms. The van der Waals surface area contributed by atoms with E-state index in [1.54, 1.807) is 111 Å². The van der Waals surface area contributed by atoms with E-state index >= 15 is 0 Å². The molecule has 0 spiro atoms. The van der Waals surface area contributed by atoms with Gasteiger partial charge < -0.3 is 59.5 Å². The smallest absolute Gasteiger partial charge is 0.411 e. The number of amides is 4. The van der Waals surface area contributed by atoms with Crippen molar-refractivity contribution in [3.05, 3.63) is 83.9 Å². The Kier molecular flexibility index (Phi) is 13.7. The molecule has 2 aliphatic rings. The lowest BCUT2D eigenvalue weighted by atomic mass is 10.1. The number of nitrogens with one attached hydrogen (secondary N) is 2. The van der Waals surface area contributed by atoms with Crippen molar-refractivity contribution in [1.29, 1.82) is 0 Å². The molecule has 2 aromatic heterocycles. The predicted octanol–water partition coefficient (Wildman–Crippen LogP) is 4.49. The van der Waals surface area contributed by atoms with Crippen molar-refractivity contribution in [2.24, 2.45) is 0 Å². The molecule has 6 N–H and O–H groups in total. The summed E-state index contributed by atoms with van der Waals surface area (Å²) in [6.45, 7) is 2.97. The van der Waals surface area contributed by atoms with Crippen LogP contribution in [0.15, 0.2) is 72.8 Å². The number of hydrogen-bond donors (Lipinski definition) is 4. The van der Waals surface area contributed by atoms with Crippen molar-refractivity contribution in [2.75, 3.05) is 126 Å². The molecular weight excluding hydrogens is 881 g/mol. The lowest BCUT2D eigenvalue weighted by Crippen LogP contribution is -2.49. The molecule has 0 saturated carbocycles. The lowest BCUT2D eigenvalue weighted by Gasteiger charge is -2.35. The molecule has 0 bridgehead atoms. The van der Waals surface area contributed by atoms with Crippen LogP contribution in [0.4, 0.5) is 44.5 Å². The normalized spacial score (nSPS) is 13.8. The summed E-state index contributed by atoms with van der Waals surface area (Å²) in [5.41, 5.74) is 15.2. The number of fused-ring (bicyclic) bond motifs is 2. The van der Waals surface area contributed by atoms with Gasteiger partial charge in [-0.25, -0.2) is 19.6 Å². The molecule has 2 fully saturated rings. The van der Waals surface area contributed by atoms with Crippen molar-refractivity contribution >= 4 is 80.7 Å². The third-order valence-electron chi connectivity index (χ3n) is 11.4. The molecular formula is C46H50N12O10. The Balaban J connectivity index is 0.759. The maximum absolute atomic E-state index is 13.5. The molecule has 6 aromatic rings. The van der Waals surface area contributed by atoms with Crippen LogP contribution in [-0.2, 0) is 9.47 Å². The number of anilines is 6. The fraction of sp³-hybridized carbons (Fsp3) is 0.304. The minimum absolute atomic E-state index is 0.214. The number of carbonyl (C=O) groups excluding carboxylic acids is 4. The van der Waals surface area contributed by atoms with Crippen molar-refractivity contribution < 1.29 is 47.6 Å². The molecule has 2 aliphatic heterocycles. The lowest BCUT2D eigenvalue weighted by molar-refractivity contribution is 0.0739. The van der Waals surface area contributed by atoms with Gasteiger partial charge in [-0.2, -0.15) is 9.97 Å². The zero-order valence-corrected chi connectivity index (χ0v) is 37.8. The van der Waals surface area contributed by atoms with Gasteiger partial charge >= 0.3 is 12.2 Å². The highest BCUT2D eigenvalue weighted by molar-refractivity contribution is 5.98. The first-order valence-corrected chi connectivity index (χ1v) is 21.5. The second-order valence-corrected chi connectivity index (χ2v) is 15.5. The van der Waals surface area contributed by atoms with Gasteiger partial charge in [-0.15, -0.1) is 0 Å². The van der Waals surface area contributed by atoms with Gasteiger partial charge in [0.1, 0.15) is 24.8 Å². The van der Waals surface area contributed by atoms with Crippen LogP contribution in [0.2, 0.25) is 0 Å². The maximum Gasteiger partial charge on any atom is 0.411 e. The van der Waals surface area contributed by atoms with Gasteiger partial charge in [0.15, 0.2) is 23.0 Å². The number of piperazine rings is 2. The van der Waals surface area contributed by atoms with Gasteiger partial charge in [-0.3, -0.25) is 20.2 Å². The van der Waals surface area contributed by atoms with E-state index in [9.17, 15) is 19.2 Å². The fourth-order valence-electron chi connectivity index (χ4n) is 7.84. The van der Waals surface area contributed by atoms with Gasteiger partial charge in [0.2, 0.25) is 11.9 Å². The summed E-state index contributed by atoms with van der Waals surface area (Å²) in [6, 6.07) is 20.0. The molecule has 8 rings (SSSR count).